The average molecular weight is 329 g/mol. The highest BCUT2D eigenvalue weighted by molar-refractivity contribution is 7.08. The number of carboxylic acids is 1. The molecule has 1 aliphatic heterocycles. The van der Waals surface area contributed by atoms with Gasteiger partial charge >= 0.3 is 5.97 Å². The van der Waals surface area contributed by atoms with E-state index in [1.165, 1.54) is 16.7 Å². The Labute approximate surface area is 141 Å². The van der Waals surface area contributed by atoms with E-state index in [9.17, 15) is 9.90 Å². The van der Waals surface area contributed by atoms with Crippen LogP contribution < -0.4 is 0 Å². The first-order valence-electron chi connectivity index (χ1n) is 8.30. The second-order valence-electron chi connectivity index (χ2n) is 6.14. The summed E-state index contributed by atoms with van der Waals surface area (Å²) in [6, 6.07) is 10.4. The lowest BCUT2D eigenvalue weighted by atomic mass is 9.92. The van der Waals surface area contributed by atoms with Crippen LogP contribution in [0.3, 0.4) is 0 Å². The van der Waals surface area contributed by atoms with Crippen LogP contribution in [0.5, 0.6) is 0 Å². The summed E-state index contributed by atoms with van der Waals surface area (Å²) in [6.07, 6.45) is 3.82. The van der Waals surface area contributed by atoms with Gasteiger partial charge in [0, 0.05) is 0 Å². The van der Waals surface area contributed by atoms with Gasteiger partial charge in [0.1, 0.15) is 6.04 Å². The molecule has 1 fully saturated rings. The van der Waals surface area contributed by atoms with E-state index >= 15 is 0 Å². The Balaban J connectivity index is 1.99. The van der Waals surface area contributed by atoms with Crippen molar-refractivity contribution in [2.45, 2.75) is 44.7 Å². The molecule has 2 atom stereocenters. The maximum absolute atomic E-state index is 11.7. The van der Waals surface area contributed by atoms with Gasteiger partial charge in [-0.15, -0.1) is 0 Å². The Hall–Kier alpha value is -1.65. The highest BCUT2D eigenvalue weighted by Crippen LogP contribution is 2.35. The zero-order valence-electron chi connectivity index (χ0n) is 13.4. The zero-order valence-corrected chi connectivity index (χ0v) is 14.3. The fourth-order valence-electron chi connectivity index (χ4n) is 3.47. The molecule has 2 heterocycles. The normalized spacial score (nSPS) is 20.3. The molecular weight excluding hydrogens is 306 g/mol. The molecule has 4 heteroatoms. The Morgan fingerprint density at radius 2 is 2.04 bits per heavy atom. The molecule has 2 aromatic rings. The molecule has 0 spiro atoms. The summed E-state index contributed by atoms with van der Waals surface area (Å²) in [4.78, 5) is 13.9. The van der Waals surface area contributed by atoms with Gasteiger partial charge in [-0.25, -0.2) is 0 Å². The van der Waals surface area contributed by atoms with Crippen LogP contribution in [0.15, 0.2) is 41.1 Å². The molecule has 122 valence electrons. The summed E-state index contributed by atoms with van der Waals surface area (Å²) < 4.78 is 0. The second kappa shape index (κ2) is 7.28. The van der Waals surface area contributed by atoms with Crippen LogP contribution in [0.1, 0.15) is 48.9 Å². The lowest BCUT2D eigenvalue weighted by molar-refractivity contribution is -0.145. The summed E-state index contributed by atoms with van der Waals surface area (Å²) >= 11 is 1.67. The van der Waals surface area contributed by atoms with Gasteiger partial charge in [-0.3, -0.25) is 9.69 Å². The molecule has 0 amide bonds. The van der Waals surface area contributed by atoms with Crippen molar-refractivity contribution in [3.63, 3.8) is 0 Å². The minimum Gasteiger partial charge on any atom is -0.480 e. The molecule has 0 radical (unpaired) electrons. The smallest absolute Gasteiger partial charge is 0.320 e. The Kier molecular flexibility index (Phi) is 5.13. The average Bonchev–Trinajstić information content (AvgIpc) is 3.10. The van der Waals surface area contributed by atoms with Gasteiger partial charge in [-0.1, -0.05) is 37.6 Å². The largest absolute Gasteiger partial charge is 0.480 e. The number of hydrogen-bond acceptors (Lipinski definition) is 3. The number of rotatable bonds is 5. The van der Waals surface area contributed by atoms with E-state index < -0.39 is 5.97 Å². The number of thiophene rings is 1. The van der Waals surface area contributed by atoms with Gasteiger partial charge in [0.15, 0.2) is 0 Å². The van der Waals surface area contributed by atoms with Gasteiger partial charge in [0.05, 0.1) is 6.04 Å². The molecule has 1 N–H and O–H groups in total. The quantitative estimate of drug-likeness (QED) is 0.887. The molecule has 1 aromatic carbocycles. The monoisotopic (exact) mass is 329 g/mol. The molecular formula is C19H23NO2S. The fraction of sp³-hybridized carbons (Fsp3) is 0.421. The predicted molar refractivity (Wildman–Crippen MR) is 94.0 cm³/mol. The van der Waals surface area contributed by atoms with Crippen LogP contribution in [-0.2, 0) is 11.2 Å². The third-order valence-electron chi connectivity index (χ3n) is 4.72. The van der Waals surface area contributed by atoms with Crippen LogP contribution in [0.2, 0.25) is 0 Å². The molecule has 23 heavy (non-hydrogen) atoms. The van der Waals surface area contributed by atoms with E-state index in [-0.39, 0.29) is 12.1 Å². The van der Waals surface area contributed by atoms with Crippen LogP contribution in [-0.4, -0.2) is 28.6 Å². The van der Waals surface area contributed by atoms with E-state index in [1.54, 1.807) is 11.3 Å². The molecule has 0 saturated carbocycles. The maximum atomic E-state index is 11.7. The molecule has 1 saturated heterocycles. The highest BCUT2D eigenvalue weighted by Gasteiger charge is 2.35. The molecule has 1 aromatic heterocycles. The van der Waals surface area contributed by atoms with Crippen LogP contribution in [0.4, 0.5) is 0 Å². The number of hydrogen-bond donors (Lipinski definition) is 1. The molecule has 2 unspecified atom stereocenters. The highest BCUT2D eigenvalue weighted by atomic mass is 32.1. The van der Waals surface area contributed by atoms with Gasteiger partial charge < -0.3 is 5.11 Å². The number of carboxylic acid groups (broad SMARTS) is 1. The third kappa shape index (κ3) is 3.48. The summed E-state index contributed by atoms with van der Waals surface area (Å²) in [5, 5.41) is 13.9. The number of aryl methyl sites for hydroxylation is 1. The molecule has 0 bridgehead atoms. The Morgan fingerprint density at radius 1 is 1.26 bits per heavy atom. The minimum absolute atomic E-state index is 0.0357. The summed E-state index contributed by atoms with van der Waals surface area (Å²) in [7, 11) is 0. The van der Waals surface area contributed by atoms with Gasteiger partial charge in [-0.2, -0.15) is 11.3 Å². The van der Waals surface area contributed by atoms with E-state index in [4.69, 9.17) is 0 Å². The standard InChI is InChI=1S/C19H23NO2S/c1-2-14-6-8-15(9-7-14)18(16-10-12-23-13-16)20-11-4-3-5-17(20)19(21)22/h6-10,12-13,17-18H,2-5,11H2,1H3,(H,21,22). The van der Waals surface area contributed by atoms with Crippen molar-refractivity contribution in [1.82, 2.24) is 4.90 Å². The predicted octanol–water partition coefficient (Wildman–Crippen LogP) is 4.34. The first-order valence-corrected chi connectivity index (χ1v) is 9.24. The van der Waals surface area contributed by atoms with Crippen LogP contribution in [0, 0.1) is 0 Å². The van der Waals surface area contributed by atoms with E-state index in [1.807, 2.05) is 0 Å². The molecule has 3 nitrogen and oxygen atoms in total. The maximum Gasteiger partial charge on any atom is 0.320 e. The van der Waals surface area contributed by atoms with Crippen LogP contribution in [0.25, 0.3) is 0 Å². The lowest BCUT2D eigenvalue weighted by Crippen LogP contribution is -2.46. The minimum atomic E-state index is -0.699. The molecule has 3 rings (SSSR count). The van der Waals surface area contributed by atoms with Gasteiger partial charge in [0.25, 0.3) is 0 Å². The van der Waals surface area contributed by atoms with E-state index in [2.05, 4.69) is 52.9 Å². The van der Waals surface area contributed by atoms with Gasteiger partial charge in [0.2, 0.25) is 0 Å². The van der Waals surface area contributed by atoms with Crippen molar-refractivity contribution < 1.29 is 9.90 Å². The third-order valence-corrected chi connectivity index (χ3v) is 5.43. The first-order chi connectivity index (χ1) is 11.2. The number of likely N-dealkylation sites (tertiary alicyclic amines) is 1. The van der Waals surface area contributed by atoms with Crippen molar-refractivity contribution in [1.29, 1.82) is 0 Å². The number of aliphatic carboxylic acids is 1. The van der Waals surface area contributed by atoms with E-state index in [0.717, 1.165) is 32.2 Å². The number of benzene rings is 1. The number of piperidine rings is 1. The first kappa shape index (κ1) is 16.2. The van der Waals surface area contributed by atoms with Crippen molar-refractivity contribution in [2.24, 2.45) is 0 Å². The Morgan fingerprint density at radius 3 is 2.65 bits per heavy atom. The molecule has 0 aliphatic carbocycles. The van der Waals surface area contributed by atoms with Crippen molar-refractivity contribution in [3.05, 3.63) is 57.8 Å². The second-order valence-corrected chi connectivity index (χ2v) is 6.92. The molecule has 1 aliphatic rings. The number of nitrogens with zero attached hydrogens (tertiary/aromatic N) is 1. The lowest BCUT2D eigenvalue weighted by Gasteiger charge is -2.39. The summed E-state index contributed by atoms with van der Waals surface area (Å²) in [5.74, 6) is -0.699. The SMILES string of the molecule is CCc1ccc(C(c2ccsc2)N2CCCCC2C(=O)O)cc1. The zero-order chi connectivity index (χ0) is 16.2. The Bertz CT molecular complexity index is 636. The van der Waals surface area contributed by atoms with Crippen molar-refractivity contribution >= 4 is 17.3 Å². The van der Waals surface area contributed by atoms with Crippen molar-refractivity contribution in [2.75, 3.05) is 6.54 Å². The van der Waals surface area contributed by atoms with Crippen LogP contribution >= 0.6 is 11.3 Å². The topological polar surface area (TPSA) is 40.5 Å². The van der Waals surface area contributed by atoms with Gasteiger partial charge in [-0.05, 0) is 59.3 Å². The summed E-state index contributed by atoms with van der Waals surface area (Å²) in [6.45, 7) is 2.99. The van der Waals surface area contributed by atoms with Crippen molar-refractivity contribution in [3.8, 4) is 0 Å². The number of carbonyl (C=O) groups is 1. The fourth-order valence-corrected chi connectivity index (χ4v) is 4.15. The summed E-state index contributed by atoms with van der Waals surface area (Å²) in [5.41, 5.74) is 3.70. The van der Waals surface area contributed by atoms with E-state index in [0.29, 0.717) is 0 Å².